The van der Waals surface area contributed by atoms with Crippen molar-refractivity contribution in [3.8, 4) is 0 Å². The van der Waals surface area contributed by atoms with Gasteiger partial charge in [-0.2, -0.15) is 5.10 Å². The maximum atomic E-state index is 11.7. The number of piperazine rings is 1. The summed E-state index contributed by atoms with van der Waals surface area (Å²) >= 11 is 5.58. The summed E-state index contributed by atoms with van der Waals surface area (Å²) in [6.45, 7) is 4.57. The summed E-state index contributed by atoms with van der Waals surface area (Å²) < 4.78 is 27.9. The summed E-state index contributed by atoms with van der Waals surface area (Å²) in [5.74, 6) is 1.61. The van der Waals surface area contributed by atoms with E-state index in [9.17, 15) is 8.42 Å². The van der Waals surface area contributed by atoms with Crippen LogP contribution in [0.15, 0.2) is 30.3 Å². The van der Waals surface area contributed by atoms with Gasteiger partial charge < -0.3 is 9.47 Å². The van der Waals surface area contributed by atoms with Gasteiger partial charge in [-0.3, -0.25) is 4.90 Å². The molecule has 0 aliphatic carbocycles. The summed E-state index contributed by atoms with van der Waals surface area (Å²) in [6, 6.07) is 10.5. The molecule has 2 fully saturated rings. The number of aromatic nitrogens is 3. The van der Waals surface area contributed by atoms with E-state index in [2.05, 4.69) is 34.1 Å². The van der Waals surface area contributed by atoms with E-state index in [4.69, 9.17) is 17.3 Å². The van der Waals surface area contributed by atoms with Gasteiger partial charge in [-0.15, -0.1) is 0 Å². The number of hydrogen-bond acceptors (Lipinski definition) is 6. The first-order chi connectivity index (χ1) is 13.4. The zero-order valence-electron chi connectivity index (χ0n) is 16.2. The Morgan fingerprint density at radius 2 is 1.86 bits per heavy atom. The quantitative estimate of drug-likeness (QED) is 0.685. The number of rotatable bonds is 5. The molecule has 0 saturated carbocycles. The van der Waals surface area contributed by atoms with Gasteiger partial charge in [-0.05, 0) is 36.7 Å². The minimum absolute atomic E-state index is 0.156. The van der Waals surface area contributed by atoms with Crippen LogP contribution in [0.5, 0.6) is 0 Å². The second kappa shape index (κ2) is 7.96. The van der Waals surface area contributed by atoms with Crippen molar-refractivity contribution < 1.29 is 8.42 Å². The summed E-state index contributed by atoms with van der Waals surface area (Å²) in [7, 11) is -0.937. The van der Waals surface area contributed by atoms with Crippen molar-refractivity contribution in [2.24, 2.45) is 13.0 Å². The Balaban J connectivity index is 1.37. The number of nitrogens with zero attached hydrogens (tertiary/aromatic N) is 5. The maximum Gasteiger partial charge on any atom is 0.198 e. The monoisotopic (exact) mass is 421 g/mol. The van der Waals surface area contributed by atoms with Gasteiger partial charge in [0, 0.05) is 45.3 Å². The van der Waals surface area contributed by atoms with Gasteiger partial charge in [0.15, 0.2) is 14.6 Å². The number of para-hydroxylation sites is 1. The summed E-state index contributed by atoms with van der Waals surface area (Å²) in [4.78, 5) is 4.77. The van der Waals surface area contributed by atoms with Crippen molar-refractivity contribution >= 4 is 27.7 Å². The fourth-order valence-corrected chi connectivity index (χ4v) is 6.14. The lowest BCUT2D eigenvalue weighted by molar-refractivity contribution is 0.194. The van der Waals surface area contributed by atoms with Crippen LogP contribution in [-0.2, 0) is 30.0 Å². The topological polar surface area (TPSA) is 63.4 Å². The Kier molecular flexibility index (Phi) is 5.57. The van der Waals surface area contributed by atoms with Crippen LogP contribution >= 0.6 is 12.2 Å². The molecular weight excluding hydrogens is 394 g/mol. The lowest BCUT2D eigenvalue weighted by Crippen LogP contribution is -2.47. The molecule has 2 aliphatic heterocycles. The molecule has 1 aromatic heterocycles. The lowest BCUT2D eigenvalue weighted by Gasteiger charge is -2.35. The number of anilines is 1. The summed E-state index contributed by atoms with van der Waals surface area (Å²) in [5.41, 5.74) is 1.27. The van der Waals surface area contributed by atoms with Crippen LogP contribution < -0.4 is 4.90 Å². The third-order valence-corrected chi connectivity index (χ3v) is 8.08. The Morgan fingerprint density at radius 3 is 2.50 bits per heavy atom. The van der Waals surface area contributed by atoms with Crippen LogP contribution in [0.25, 0.3) is 0 Å². The Hall–Kier alpha value is -1.71. The molecular formula is C19H27N5O2S2. The van der Waals surface area contributed by atoms with Crippen molar-refractivity contribution in [2.75, 3.05) is 42.6 Å². The van der Waals surface area contributed by atoms with E-state index in [0.717, 1.165) is 38.4 Å². The van der Waals surface area contributed by atoms with E-state index >= 15 is 0 Å². The molecule has 1 aromatic carbocycles. The van der Waals surface area contributed by atoms with Crippen LogP contribution in [-0.4, -0.2) is 65.4 Å². The summed E-state index contributed by atoms with van der Waals surface area (Å²) in [5, 5.41) is 4.72. The number of benzene rings is 1. The van der Waals surface area contributed by atoms with Gasteiger partial charge in [0.25, 0.3) is 0 Å². The van der Waals surface area contributed by atoms with Gasteiger partial charge >= 0.3 is 0 Å². The molecule has 0 bridgehead atoms. The second-order valence-electron chi connectivity index (χ2n) is 7.81. The van der Waals surface area contributed by atoms with Crippen LogP contribution in [0.4, 0.5) is 5.69 Å². The second-order valence-corrected chi connectivity index (χ2v) is 10.4. The predicted octanol–water partition coefficient (Wildman–Crippen LogP) is 1.71. The van der Waals surface area contributed by atoms with Gasteiger partial charge in [0.05, 0.1) is 18.2 Å². The molecule has 2 aromatic rings. The summed E-state index contributed by atoms with van der Waals surface area (Å²) in [6.07, 6.45) is 1.40. The molecule has 0 spiro atoms. The molecule has 0 unspecified atom stereocenters. The predicted molar refractivity (Wildman–Crippen MR) is 113 cm³/mol. The lowest BCUT2D eigenvalue weighted by atomic mass is 10.1. The highest BCUT2D eigenvalue weighted by atomic mass is 32.2. The smallest absolute Gasteiger partial charge is 0.198 e. The van der Waals surface area contributed by atoms with Crippen LogP contribution in [0.3, 0.4) is 0 Å². The molecule has 9 heteroatoms. The molecule has 0 amide bonds. The van der Waals surface area contributed by atoms with Crippen molar-refractivity contribution in [3.05, 3.63) is 40.9 Å². The molecule has 0 radical (unpaired) electrons. The Morgan fingerprint density at radius 1 is 1.14 bits per heavy atom. The highest BCUT2D eigenvalue weighted by molar-refractivity contribution is 7.91. The van der Waals surface area contributed by atoms with Gasteiger partial charge in [0.2, 0.25) is 0 Å². The van der Waals surface area contributed by atoms with E-state index in [0.29, 0.717) is 23.6 Å². The Bertz CT molecular complexity index is 975. The molecule has 2 saturated heterocycles. The minimum Gasteiger partial charge on any atom is -0.369 e. The van der Waals surface area contributed by atoms with Crippen molar-refractivity contribution in [2.45, 2.75) is 19.5 Å². The fourth-order valence-electron chi connectivity index (χ4n) is 4.07. The van der Waals surface area contributed by atoms with E-state index < -0.39 is 9.84 Å². The molecule has 1 atom stereocenters. The standard InChI is InChI=1S/C19H27N5O2S2/c1-21-18(13-16-7-12-28(25,26)14-16)20-24(19(21)27)15-22-8-10-23(11-9-22)17-5-3-2-4-6-17/h2-6,16H,7-15H2,1H3/t16-/m1/s1. The molecule has 152 valence electrons. The highest BCUT2D eigenvalue weighted by Crippen LogP contribution is 2.22. The zero-order chi connectivity index (χ0) is 19.7. The van der Waals surface area contributed by atoms with Gasteiger partial charge in [0.1, 0.15) is 5.82 Å². The van der Waals surface area contributed by atoms with Gasteiger partial charge in [-0.1, -0.05) is 18.2 Å². The van der Waals surface area contributed by atoms with Crippen molar-refractivity contribution in [1.82, 2.24) is 19.2 Å². The highest BCUT2D eigenvalue weighted by Gasteiger charge is 2.29. The number of sulfone groups is 1. The van der Waals surface area contributed by atoms with Crippen LogP contribution in [0.1, 0.15) is 12.2 Å². The van der Waals surface area contributed by atoms with E-state index in [1.165, 1.54) is 5.69 Å². The molecule has 4 rings (SSSR count). The van der Waals surface area contributed by atoms with Gasteiger partial charge in [-0.25, -0.2) is 13.1 Å². The van der Waals surface area contributed by atoms with E-state index in [1.54, 1.807) is 0 Å². The molecule has 2 aliphatic rings. The van der Waals surface area contributed by atoms with Crippen LogP contribution in [0, 0.1) is 10.7 Å². The average Bonchev–Trinajstić information content (AvgIpc) is 3.17. The molecule has 3 heterocycles. The molecule has 0 N–H and O–H groups in total. The van der Waals surface area contributed by atoms with Crippen LogP contribution in [0.2, 0.25) is 0 Å². The molecule has 7 nitrogen and oxygen atoms in total. The average molecular weight is 422 g/mol. The molecule has 28 heavy (non-hydrogen) atoms. The number of hydrogen-bond donors (Lipinski definition) is 0. The third-order valence-electron chi connectivity index (χ3n) is 5.76. The first-order valence-electron chi connectivity index (χ1n) is 9.77. The normalized spacial score (nSPS) is 22.6. The minimum atomic E-state index is -2.87. The van der Waals surface area contributed by atoms with Crippen molar-refractivity contribution in [1.29, 1.82) is 0 Å². The first kappa shape index (κ1) is 19.6. The van der Waals surface area contributed by atoms with E-state index in [1.807, 2.05) is 22.4 Å². The Labute approximate surface area is 171 Å². The maximum absolute atomic E-state index is 11.7. The zero-order valence-corrected chi connectivity index (χ0v) is 17.8. The third kappa shape index (κ3) is 4.31. The largest absolute Gasteiger partial charge is 0.369 e. The van der Waals surface area contributed by atoms with Crippen molar-refractivity contribution in [3.63, 3.8) is 0 Å². The SMILES string of the molecule is Cn1c(C[C@H]2CCS(=O)(=O)C2)nn(CN2CCN(c3ccccc3)CC2)c1=S. The fraction of sp³-hybridized carbons (Fsp3) is 0.579. The first-order valence-corrected chi connectivity index (χ1v) is 12.0. The van der Waals surface area contributed by atoms with E-state index in [-0.39, 0.29) is 11.7 Å².